The first-order valence-electron chi connectivity index (χ1n) is 6.22. The summed E-state index contributed by atoms with van der Waals surface area (Å²) in [7, 11) is 1.80. The van der Waals surface area contributed by atoms with Gasteiger partial charge in [-0.1, -0.05) is 0 Å². The van der Waals surface area contributed by atoms with Crippen LogP contribution < -0.4 is 10.6 Å². The number of guanidine groups is 1. The molecule has 2 heterocycles. The van der Waals surface area contributed by atoms with Gasteiger partial charge in [0.25, 0.3) is 0 Å². The second kappa shape index (κ2) is 8.63. The van der Waals surface area contributed by atoms with Gasteiger partial charge in [-0.05, 0) is 38.1 Å². The fourth-order valence-electron chi connectivity index (χ4n) is 1.72. The monoisotopic (exact) mass is 421 g/mol. The summed E-state index contributed by atoms with van der Waals surface area (Å²) in [5.41, 5.74) is 0. The van der Waals surface area contributed by atoms with Gasteiger partial charge >= 0.3 is 0 Å². The quantitative estimate of drug-likeness (QED) is 0.446. The Morgan fingerprint density at radius 2 is 1.40 bits per heavy atom. The number of thiophene rings is 2. The molecule has 0 spiro atoms. The van der Waals surface area contributed by atoms with Gasteiger partial charge < -0.3 is 10.6 Å². The van der Waals surface area contributed by atoms with Gasteiger partial charge in [0.05, 0.1) is 13.1 Å². The van der Waals surface area contributed by atoms with E-state index < -0.39 is 0 Å². The van der Waals surface area contributed by atoms with E-state index in [-0.39, 0.29) is 24.0 Å². The lowest BCUT2D eigenvalue weighted by Gasteiger charge is -2.10. The first-order chi connectivity index (χ1) is 9.17. The average Bonchev–Trinajstić information content (AvgIpc) is 2.99. The number of nitrogens with one attached hydrogen (secondary N) is 2. The molecule has 0 aliphatic heterocycles. The molecule has 0 saturated carbocycles. The zero-order chi connectivity index (χ0) is 13.7. The summed E-state index contributed by atoms with van der Waals surface area (Å²) in [4.78, 5) is 9.57. The van der Waals surface area contributed by atoms with E-state index in [9.17, 15) is 0 Å². The summed E-state index contributed by atoms with van der Waals surface area (Å²) >= 11 is 3.63. The minimum atomic E-state index is 0. The van der Waals surface area contributed by atoms with Crippen molar-refractivity contribution in [1.29, 1.82) is 0 Å². The lowest BCUT2D eigenvalue weighted by molar-refractivity contribution is 0.822. The van der Waals surface area contributed by atoms with Crippen LogP contribution in [0.3, 0.4) is 0 Å². The highest BCUT2D eigenvalue weighted by molar-refractivity contribution is 14.0. The van der Waals surface area contributed by atoms with Gasteiger partial charge in [0, 0.05) is 26.6 Å². The predicted molar refractivity (Wildman–Crippen MR) is 101 cm³/mol. The Morgan fingerprint density at radius 3 is 1.70 bits per heavy atom. The predicted octanol–water partition coefficient (Wildman–Crippen LogP) is 3.91. The molecule has 0 amide bonds. The van der Waals surface area contributed by atoms with Crippen LogP contribution in [0, 0.1) is 13.8 Å². The van der Waals surface area contributed by atoms with Crippen LogP contribution in [0.4, 0.5) is 0 Å². The van der Waals surface area contributed by atoms with Crippen LogP contribution in [0.1, 0.15) is 19.5 Å². The zero-order valence-corrected chi connectivity index (χ0v) is 15.9. The fraction of sp³-hybridized carbons (Fsp3) is 0.357. The molecule has 2 aromatic heterocycles. The van der Waals surface area contributed by atoms with Crippen LogP contribution in [0.15, 0.2) is 29.3 Å². The van der Waals surface area contributed by atoms with E-state index in [4.69, 9.17) is 0 Å². The molecule has 6 heteroatoms. The Morgan fingerprint density at radius 1 is 0.950 bits per heavy atom. The van der Waals surface area contributed by atoms with Crippen LogP contribution in [-0.2, 0) is 13.1 Å². The maximum atomic E-state index is 4.24. The average molecular weight is 421 g/mol. The highest BCUT2D eigenvalue weighted by Gasteiger charge is 2.01. The molecule has 0 unspecified atom stereocenters. The van der Waals surface area contributed by atoms with Crippen molar-refractivity contribution >= 4 is 52.6 Å². The third-order valence-electron chi connectivity index (χ3n) is 2.68. The Hall–Kier alpha value is -0.600. The fourth-order valence-corrected chi connectivity index (χ4v) is 3.38. The van der Waals surface area contributed by atoms with Crippen molar-refractivity contribution in [2.24, 2.45) is 4.99 Å². The summed E-state index contributed by atoms with van der Waals surface area (Å²) in [5, 5.41) is 6.66. The minimum Gasteiger partial charge on any atom is -0.352 e. The number of rotatable bonds is 4. The standard InChI is InChI=1S/C14H19N3S2.HI/c1-10-4-6-12(18-10)8-16-14(15-3)17-9-13-7-5-11(2)19-13;/h4-7H,8-9H2,1-3H3,(H2,15,16,17);1H. The molecule has 0 aliphatic rings. The van der Waals surface area contributed by atoms with Crippen LogP contribution >= 0.6 is 46.7 Å². The maximum absolute atomic E-state index is 4.24. The number of aliphatic imine (C=N–C) groups is 1. The first kappa shape index (κ1) is 17.5. The molecule has 0 aliphatic carbocycles. The Bertz CT molecular complexity index is 514. The van der Waals surface area contributed by atoms with Crippen LogP contribution in [-0.4, -0.2) is 13.0 Å². The van der Waals surface area contributed by atoms with Gasteiger partial charge in [-0.25, -0.2) is 0 Å². The van der Waals surface area contributed by atoms with E-state index in [0.29, 0.717) is 0 Å². The molecule has 2 rings (SSSR count). The summed E-state index contributed by atoms with van der Waals surface area (Å²) in [6.07, 6.45) is 0. The molecule has 2 aromatic rings. The largest absolute Gasteiger partial charge is 0.352 e. The molecule has 0 aromatic carbocycles. The topological polar surface area (TPSA) is 36.4 Å². The van der Waals surface area contributed by atoms with Gasteiger partial charge in [0.2, 0.25) is 0 Å². The summed E-state index contributed by atoms with van der Waals surface area (Å²) in [5.74, 6) is 0.845. The van der Waals surface area contributed by atoms with Gasteiger partial charge in [-0.15, -0.1) is 46.7 Å². The second-order valence-electron chi connectivity index (χ2n) is 4.30. The van der Waals surface area contributed by atoms with E-state index in [1.54, 1.807) is 7.05 Å². The lowest BCUT2D eigenvalue weighted by atomic mass is 10.4. The number of nitrogens with zero attached hydrogens (tertiary/aromatic N) is 1. The smallest absolute Gasteiger partial charge is 0.191 e. The van der Waals surface area contributed by atoms with Gasteiger partial charge in [0.1, 0.15) is 0 Å². The second-order valence-corrected chi connectivity index (χ2v) is 7.05. The van der Waals surface area contributed by atoms with E-state index >= 15 is 0 Å². The molecule has 2 N–H and O–H groups in total. The summed E-state index contributed by atoms with van der Waals surface area (Å²) in [6, 6.07) is 8.60. The minimum absolute atomic E-state index is 0. The van der Waals surface area contributed by atoms with Crippen molar-refractivity contribution in [3.05, 3.63) is 43.8 Å². The van der Waals surface area contributed by atoms with Crippen molar-refractivity contribution in [1.82, 2.24) is 10.6 Å². The summed E-state index contributed by atoms with van der Waals surface area (Å²) < 4.78 is 0. The van der Waals surface area contributed by atoms with Crippen molar-refractivity contribution in [2.75, 3.05) is 7.05 Å². The van der Waals surface area contributed by atoms with E-state index in [2.05, 4.69) is 53.7 Å². The molecule has 110 valence electrons. The molecule has 0 atom stereocenters. The molecule has 0 radical (unpaired) electrons. The number of hydrogen-bond donors (Lipinski definition) is 2. The lowest BCUT2D eigenvalue weighted by Crippen LogP contribution is -2.35. The highest BCUT2D eigenvalue weighted by Crippen LogP contribution is 2.15. The van der Waals surface area contributed by atoms with Crippen LogP contribution in [0.2, 0.25) is 0 Å². The molecule has 20 heavy (non-hydrogen) atoms. The Labute approximate surface area is 145 Å². The first-order valence-corrected chi connectivity index (χ1v) is 7.86. The molecule has 0 saturated heterocycles. The zero-order valence-electron chi connectivity index (χ0n) is 11.9. The molecular weight excluding hydrogens is 401 g/mol. The van der Waals surface area contributed by atoms with Gasteiger partial charge in [-0.3, -0.25) is 4.99 Å². The summed E-state index contributed by atoms with van der Waals surface area (Å²) in [6.45, 7) is 5.89. The molecular formula is C14H20IN3S2. The van der Waals surface area contributed by atoms with E-state index in [1.165, 1.54) is 19.5 Å². The Kier molecular flexibility index (Phi) is 7.53. The third kappa shape index (κ3) is 5.41. The molecule has 0 bridgehead atoms. The SMILES string of the molecule is CN=C(NCc1ccc(C)s1)NCc1ccc(C)s1.I. The highest BCUT2D eigenvalue weighted by atomic mass is 127. The number of hydrogen-bond acceptors (Lipinski definition) is 3. The van der Waals surface area contributed by atoms with Crippen molar-refractivity contribution in [3.8, 4) is 0 Å². The molecule has 3 nitrogen and oxygen atoms in total. The number of aryl methyl sites for hydroxylation is 2. The van der Waals surface area contributed by atoms with Gasteiger partial charge in [0.15, 0.2) is 5.96 Å². The van der Waals surface area contributed by atoms with Crippen LogP contribution in [0.5, 0.6) is 0 Å². The van der Waals surface area contributed by atoms with E-state index in [0.717, 1.165) is 19.0 Å². The van der Waals surface area contributed by atoms with Crippen molar-refractivity contribution < 1.29 is 0 Å². The Balaban J connectivity index is 0.00000200. The van der Waals surface area contributed by atoms with E-state index in [1.807, 2.05) is 22.7 Å². The maximum Gasteiger partial charge on any atom is 0.191 e. The van der Waals surface area contributed by atoms with Crippen molar-refractivity contribution in [2.45, 2.75) is 26.9 Å². The normalized spacial score (nSPS) is 9.75. The third-order valence-corrected chi connectivity index (χ3v) is 4.68. The van der Waals surface area contributed by atoms with Gasteiger partial charge in [-0.2, -0.15) is 0 Å². The van der Waals surface area contributed by atoms with Crippen LogP contribution in [0.25, 0.3) is 0 Å². The molecule has 0 fully saturated rings. The van der Waals surface area contributed by atoms with Crippen molar-refractivity contribution in [3.63, 3.8) is 0 Å². The number of halogens is 1.